The van der Waals surface area contributed by atoms with Crippen LogP contribution >= 0.6 is 11.6 Å². The lowest BCUT2D eigenvalue weighted by Crippen LogP contribution is -2.51. The van der Waals surface area contributed by atoms with E-state index in [9.17, 15) is 4.79 Å². The number of ether oxygens (including phenoxy) is 3. The molecule has 3 rings (SSSR count). The van der Waals surface area contributed by atoms with E-state index in [-0.39, 0.29) is 29.3 Å². The van der Waals surface area contributed by atoms with Gasteiger partial charge in [-0.05, 0) is 27.7 Å². The van der Waals surface area contributed by atoms with E-state index < -0.39 is 5.60 Å². The summed E-state index contributed by atoms with van der Waals surface area (Å²) in [4.78, 5) is 26.7. The lowest BCUT2D eigenvalue weighted by Gasteiger charge is -2.36. The average Bonchev–Trinajstić information content (AvgIpc) is 2.60. The van der Waals surface area contributed by atoms with Crippen LogP contribution in [0.5, 0.6) is 5.88 Å². The average molecular weight is 395 g/mol. The highest BCUT2D eigenvalue weighted by atomic mass is 35.5. The van der Waals surface area contributed by atoms with Crippen molar-refractivity contribution in [3.8, 4) is 5.88 Å². The van der Waals surface area contributed by atoms with Gasteiger partial charge >= 0.3 is 6.09 Å². The molecule has 0 radical (unpaired) electrons. The molecule has 3 heterocycles. The molecule has 2 aromatic heterocycles. The van der Waals surface area contributed by atoms with Crippen molar-refractivity contribution in [2.24, 2.45) is 0 Å². The Morgan fingerprint density at radius 3 is 2.85 bits per heavy atom. The number of halogens is 1. The first-order chi connectivity index (χ1) is 12.7. The normalized spacial score (nSPS) is 19.0. The molecular formula is C18H23ClN4O4. The van der Waals surface area contributed by atoms with Gasteiger partial charge in [0, 0.05) is 25.0 Å². The number of aromatic nitrogens is 3. The van der Waals surface area contributed by atoms with Crippen molar-refractivity contribution in [2.45, 2.75) is 45.5 Å². The number of nitrogens with zero attached hydrogens (tertiary/aromatic N) is 4. The Labute approximate surface area is 162 Å². The molecule has 0 bridgehead atoms. The Balaban J connectivity index is 1.71. The van der Waals surface area contributed by atoms with Crippen molar-refractivity contribution in [3.05, 3.63) is 23.6 Å². The van der Waals surface area contributed by atoms with E-state index in [0.717, 1.165) is 0 Å². The quantitative estimate of drug-likeness (QED) is 0.739. The number of morpholine rings is 1. The summed E-state index contributed by atoms with van der Waals surface area (Å²) in [7, 11) is 0. The van der Waals surface area contributed by atoms with Gasteiger partial charge in [0.25, 0.3) is 0 Å². The van der Waals surface area contributed by atoms with Gasteiger partial charge in [0.2, 0.25) is 5.88 Å². The molecule has 1 fully saturated rings. The minimum Gasteiger partial charge on any atom is -0.470 e. The molecular weight excluding hydrogens is 372 g/mol. The Morgan fingerprint density at radius 1 is 1.37 bits per heavy atom. The van der Waals surface area contributed by atoms with Gasteiger partial charge in [0.05, 0.1) is 18.7 Å². The summed E-state index contributed by atoms with van der Waals surface area (Å²) in [5.74, 6) is 0.288. The molecule has 0 N–H and O–H groups in total. The zero-order valence-electron chi connectivity index (χ0n) is 15.8. The van der Waals surface area contributed by atoms with Gasteiger partial charge in [-0.25, -0.2) is 9.78 Å². The van der Waals surface area contributed by atoms with Gasteiger partial charge in [-0.3, -0.25) is 4.98 Å². The van der Waals surface area contributed by atoms with Crippen LogP contribution in [0.25, 0.3) is 11.0 Å². The molecule has 2 aromatic rings. The van der Waals surface area contributed by atoms with Crippen LogP contribution in [0.3, 0.4) is 0 Å². The molecule has 9 heteroatoms. The first-order valence-corrected chi connectivity index (χ1v) is 9.14. The number of hydrogen-bond acceptors (Lipinski definition) is 7. The summed E-state index contributed by atoms with van der Waals surface area (Å²) in [6.45, 7) is 8.61. The van der Waals surface area contributed by atoms with Crippen LogP contribution in [0.15, 0.2) is 18.5 Å². The summed E-state index contributed by atoms with van der Waals surface area (Å²) >= 11 is 6.06. The number of fused-ring (bicyclic) bond motifs is 1. The van der Waals surface area contributed by atoms with Crippen LogP contribution in [0.4, 0.5) is 4.79 Å². The predicted octanol–water partition coefficient (Wildman–Crippen LogP) is 3.08. The topological polar surface area (TPSA) is 86.7 Å². The molecule has 1 aliphatic heterocycles. The Kier molecular flexibility index (Phi) is 5.67. The fourth-order valence-electron chi connectivity index (χ4n) is 2.70. The van der Waals surface area contributed by atoms with Gasteiger partial charge in [0.1, 0.15) is 23.0 Å². The van der Waals surface area contributed by atoms with Crippen molar-refractivity contribution < 1.29 is 19.0 Å². The zero-order valence-corrected chi connectivity index (χ0v) is 16.6. The van der Waals surface area contributed by atoms with E-state index in [0.29, 0.717) is 30.7 Å². The molecule has 2 atom stereocenters. The smallest absolute Gasteiger partial charge is 0.410 e. The SMILES string of the molecule is C[C@@H](Oc1nc(Cl)cc2nccnc12)[C@H]1CN(C(=O)OC(C)(C)C)CCO1. The zero-order chi connectivity index (χ0) is 19.6. The molecule has 0 spiro atoms. The second kappa shape index (κ2) is 7.82. The van der Waals surface area contributed by atoms with Crippen molar-refractivity contribution in [1.29, 1.82) is 0 Å². The first-order valence-electron chi connectivity index (χ1n) is 8.76. The van der Waals surface area contributed by atoms with E-state index in [1.165, 1.54) is 0 Å². The lowest BCUT2D eigenvalue weighted by atomic mass is 10.2. The molecule has 27 heavy (non-hydrogen) atoms. The highest BCUT2D eigenvalue weighted by Gasteiger charge is 2.32. The van der Waals surface area contributed by atoms with Crippen molar-refractivity contribution in [1.82, 2.24) is 19.9 Å². The maximum Gasteiger partial charge on any atom is 0.410 e. The molecule has 146 valence electrons. The third-order valence-corrected chi connectivity index (χ3v) is 4.15. The Hall–Kier alpha value is -2.19. The predicted molar refractivity (Wildman–Crippen MR) is 100.0 cm³/mol. The van der Waals surface area contributed by atoms with Gasteiger partial charge in [0.15, 0.2) is 5.52 Å². The summed E-state index contributed by atoms with van der Waals surface area (Å²) in [6, 6.07) is 1.63. The number of hydrogen-bond donors (Lipinski definition) is 0. The minimum atomic E-state index is -0.546. The number of carbonyl (C=O) groups excluding carboxylic acids is 1. The number of pyridine rings is 1. The van der Waals surface area contributed by atoms with Crippen LogP contribution < -0.4 is 4.74 Å². The first kappa shape index (κ1) is 19.6. The summed E-state index contributed by atoms with van der Waals surface area (Å²) in [5, 5.41) is 0.269. The lowest BCUT2D eigenvalue weighted by molar-refractivity contribution is -0.0782. The molecule has 0 saturated carbocycles. The number of amides is 1. The minimum absolute atomic E-state index is 0.269. The Morgan fingerprint density at radius 2 is 2.11 bits per heavy atom. The standard InChI is InChI=1S/C18H23ClN4O4/c1-11(13-10-23(7-8-25-13)17(24)27-18(2,3)4)26-16-15-12(9-14(19)22-16)20-5-6-21-15/h5-6,9,11,13H,7-8,10H2,1-4H3/t11-,13-/m1/s1. The molecule has 0 aliphatic carbocycles. The van der Waals surface area contributed by atoms with Crippen LogP contribution in [0.2, 0.25) is 5.15 Å². The Bertz CT molecular complexity index is 827. The highest BCUT2D eigenvalue weighted by molar-refractivity contribution is 6.30. The summed E-state index contributed by atoms with van der Waals surface area (Å²) < 4.78 is 17.2. The van der Waals surface area contributed by atoms with E-state index in [1.807, 2.05) is 27.7 Å². The van der Waals surface area contributed by atoms with E-state index in [1.54, 1.807) is 23.4 Å². The van der Waals surface area contributed by atoms with Crippen molar-refractivity contribution in [2.75, 3.05) is 19.7 Å². The second-order valence-electron chi connectivity index (χ2n) is 7.33. The number of carbonyl (C=O) groups is 1. The molecule has 0 aromatic carbocycles. The molecule has 1 saturated heterocycles. The van der Waals surface area contributed by atoms with E-state index in [4.69, 9.17) is 25.8 Å². The molecule has 8 nitrogen and oxygen atoms in total. The maximum atomic E-state index is 12.3. The van der Waals surface area contributed by atoms with E-state index >= 15 is 0 Å². The summed E-state index contributed by atoms with van der Waals surface area (Å²) in [6.07, 6.45) is 2.07. The number of rotatable bonds is 3. The maximum absolute atomic E-state index is 12.3. The monoisotopic (exact) mass is 394 g/mol. The van der Waals surface area contributed by atoms with Gasteiger partial charge < -0.3 is 19.1 Å². The van der Waals surface area contributed by atoms with Crippen molar-refractivity contribution >= 4 is 28.7 Å². The highest BCUT2D eigenvalue weighted by Crippen LogP contribution is 2.25. The fraction of sp³-hybridized carbons (Fsp3) is 0.556. The van der Waals surface area contributed by atoms with Gasteiger partial charge in [-0.1, -0.05) is 11.6 Å². The fourth-order valence-corrected chi connectivity index (χ4v) is 2.88. The van der Waals surface area contributed by atoms with Crippen LogP contribution in [0.1, 0.15) is 27.7 Å². The second-order valence-corrected chi connectivity index (χ2v) is 7.72. The van der Waals surface area contributed by atoms with Crippen LogP contribution in [-0.2, 0) is 9.47 Å². The largest absolute Gasteiger partial charge is 0.470 e. The molecule has 1 amide bonds. The summed E-state index contributed by atoms with van der Waals surface area (Å²) in [5.41, 5.74) is 0.572. The molecule has 0 unspecified atom stereocenters. The van der Waals surface area contributed by atoms with Gasteiger partial charge in [-0.15, -0.1) is 0 Å². The van der Waals surface area contributed by atoms with Crippen LogP contribution in [0, 0.1) is 0 Å². The van der Waals surface area contributed by atoms with Gasteiger partial charge in [-0.2, -0.15) is 4.98 Å². The third-order valence-electron chi connectivity index (χ3n) is 3.96. The third kappa shape index (κ3) is 4.95. The van der Waals surface area contributed by atoms with Crippen molar-refractivity contribution in [3.63, 3.8) is 0 Å². The van der Waals surface area contributed by atoms with E-state index in [2.05, 4.69) is 15.0 Å². The molecule has 1 aliphatic rings. The van der Waals surface area contributed by atoms with Crippen LogP contribution in [-0.4, -0.2) is 63.5 Å².